The first-order valence-electron chi connectivity index (χ1n) is 4.60. The van der Waals surface area contributed by atoms with Crippen LogP contribution in [0.3, 0.4) is 0 Å². The zero-order valence-electron chi connectivity index (χ0n) is 8.50. The molecule has 2 N–H and O–H groups in total. The van der Waals surface area contributed by atoms with Crippen LogP contribution in [0.25, 0.3) is 11.4 Å². The van der Waals surface area contributed by atoms with Gasteiger partial charge in [-0.25, -0.2) is 8.78 Å². The van der Waals surface area contributed by atoms with Gasteiger partial charge in [0, 0.05) is 5.56 Å². The molecule has 0 unspecified atom stereocenters. The van der Waals surface area contributed by atoms with Gasteiger partial charge in [0.2, 0.25) is 11.7 Å². The lowest BCUT2D eigenvalue weighted by atomic mass is 10.1. The van der Waals surface area contributed by atoms with Crippen molar-refractivity contribution in [1.82, 2.24) is 10.1 Å². The molecule has 1 heterocycles. The third-order valence-corrected chi connectivity index (χ3v) is 2.15. The summed E-state index contributed by atoms with van der Waals surface area (Å²) in [6, 6.07) is 2.12. The van der Waals surface area contributed by atoms with Crippen LogP contribution in [0.15, 0.2) is 16.7 Å². The van der Waals surface area contributed by atoms with E-state index in [0.717, 1.165) is 12.1 Å². The highest BCUT2D eigenvalue weighted by Gasteiger charge is 2.13. The lowest BCUT2D eigenvalue weighted by Gasteiger charge is -2.01. The summed E-state index contributed by atoms with van der Waals surface area (Å²) in [6.07, 6.45) is 0. The Bertz CT molecular complexity index is 525. The molecule has 1 aromatic heterocycles. The van der Waals surface area contributed by atoms with Crippen molar-refractivity contribution in [3.8, 4) is 11.4 Å². The van der Waals surface area contributed by atoms with Crippen LogP contribution in [0, 0.1) is 18.6 Å². The fourth-order valence-electron chi connectivity index (χ4n) is 1.33. The first kappa shape index (κ1) is 10.7. The number of nitrogens with zero attached hydrogens (tertiary/aromatic N) is 2. The van der Waals surface area contributed by atoms with E-state index in [4.69, 9.17) is 10.3 Å². The van der Waals surface area contributed by atoms with Crippen molar-refractivity contribution in [1.29, 1.82) is 0 Å². The zero-order chi connectivity index (χ0) is 11.7. The second-order valence-electron chi connectivity index (χ2n) is 3.30. The molecule has 0 aliphatic carbocycles. The van der Waals surface area contributed by atoms with Crippen molar-refractivity contribution in [3.63, 3.8) is 0 Å². The highest BCUT2D eigenvalue weighted by molar-refractivity contribution is 5.59. The van der Waals surface area contributed by atoms with Gasteiger partial charge in [-0.15, -0.1) is 0 Å². The van der Waals surface area contributed by atoms with Crippen LogP contribution in [0.5, 0.6) is 0 Å². The van der Waals surface area contributed by atoms with E-state index in [1.807, 2.05) is 0 Å². The van der Waals surface area contributed by atoms with Gasteiger partial charge in [0.05, 0.1) is 6.54 Å². The number of benzene rings is 1. The van der Waals surface area contributed by atoms with Gasteiger partial charge in [0.1, 0.15) is 0 Å². The van der Waals surface area contributed by atoms with Crippen molar-refractivity contribution in [2.24, 2.45) is 5.73 Å². The van der Waals surface area contributed by atoms with E-state index in [9.17, 15) is 8.78 Å². The highest BCUT2D eigenvalue weighted by Crippen LogP contribution is 2.23. The van der Waals surface area contributed by atoms with E-state index in [1.165, 1.54) is 0 Å². The van der Waals surface area contributed by atoms with Crippen molar-refractivity contribution < 1.29 is 13.3 Å². The summed E-state index contributed by atoms with van der Waals surface area (Å²) < 4.78 is 30.7. The fourth-order valence-corrected chi connectivity index (χ4v) is 1.33. The fraction of sp³-hybridized carbons (Fsp3) is 0.200. The Morgan fingerprint density at radius 1 is 1.31 bits per heavy atom. The van der Waals surface area contributed by atoms with E-state index in [0.29, 0.717) is 11.1 Å². The number of hydrogen-bond donors (Lipinski definition) is 1. The Hall–Kier alpha value is -1.82. The minimum absolute atomic E-state index is 0.107. The van der Waals surface area contributed by atoms with E-state index in [1.54, 1.807) is 6.92 Å². The molecule has 2 rings (SSSR count). The molecule has 1 aromatic carbocycles. The number of halogens is 2. The van der Waals surface area contributed by atoms with E-state index in [2.05, 4.69) is 10.1 Å². The predicted octanol–water partition coefficient (Wildman–Crippen LogP) is 1.78. The molecule has 0 spiro atoms. The molecule has 2 aromatic rings. The molecule has 0 atom stereocenters. The summed E-state index contributed by atoms with van der Waals surface area (Å²) in [5, 5.41) is 3.63. The molecule has 6 heteroatoms. The molecule has 0 saturated carbocycles. The van der Waals surface area contributed by atoms with E-state index >= 15 is 0 Å². The van der Waals surface area contributed by atoms with Crippen LogP contribution in [-0.2, 0) is 6.54 Å². The minimum Gasteiger partial charge on any atom is -0.338 e. The quantitative estimate of drug-likeness (QED) is 0.846. The number of aromatic nitrogens is 2. The normalized spacial score (nSPS) is 10.8. The van der Waals surface area contributed by atoms with Gasteiger partial charge in [0.15, 0.2) is 11.6 Å². The van der Waals surface area contributed by atoms with Gasteiger partial charge < -0.3 is 10.3 Å². The van der Waals surface area contributed by atoms with Crippen LogP contribution >= 0.6 is 0 Å². The summed E-state index contributed by atoms with van der Waals surface area (Å²) in [5.74, 6) is -1.39. The molecule has 0 saturated heterocycles. The van der Waals surface area contributed by atoms with Crippen molar-refractivity contribution in [2.75, 3.05) is 0 Å². The van der Waals surface area contributed by atoms with Gasteiger partial charge in [0.25, 0.3) is 0 Å². The Kier molecular flexibility index (Phi) is 2.66. The number of aryl methyl sites for hydroxylation is 1. The molecular formula is C10H9F2N3O. The first-order chi connectivity index (χ1) is 7.61. The van der Waals surface area contributed by atoms with Gasteiger partial charge in [-0.1, -0.05) is 5.16 Å². The highest BCUT2D eigenvalue weighted by atomic mass is 19.2. The topological polar surface area (TPSA) is 64.9 Å². The van der Waals surface area contributed by atoms with E-state index in [-0.39, 0.29) is 18.3 Å². The third kappa shape index (κ3) is 1.79. The first-order valence-corrected chi connectivity index (χ1v) is 4.60. The molecule has 84 valence electrons. The van der Waals surface area contributed by atoms with Crippen LogP contribution in [0.1, 0.15) is 11.5 Å². The molecular weight excluding hydrogens is 216 g/mol. The predicted molar refractivity (Wildman–Crippen MR) is 52.3 cm³/mol. The molecule has 0 radical (unpaired) electrons. The zero-order valence-corrected chi connectivity index (χ0v) is 8.50. The second kappa shape index (κ2) is 3.97. The van der Waals surface area contributed by atoms with Crippen LogP contribution in [0.4, 0.5) is 8.78 Å². The Morgan fingerprint density at radius 3 is 2.62 bits per heavy atom. The third-order valence-electron chi connectivity index (χ3n) is 2.15. The number of rotatable bonds is 2. The lowest BCUT2D eigenvalue weighted by Crippen LogP contribution is -1.96. The molecule has 0 bridgehead atoms. The van der Waals surface area contributed by atoms with Gasteiger partial charge in [-0.3, -0.25) is 0 Å². The molecule has 0 aliphatic heterocycles. The maximum absolute atomic E-state index is 13.0. The molecule has 0 aliphatic rings. The maximum atomic E-state index is 13.0. The Balaban J connectivity index is 2.51. The number of nitrogens with two attached hydrogens (primary N) is 1. The monoisotopic (exact) mass is 225 g/mol. The largest absolute Gasteiger partial charge is 0.338 e. The molecule has 0 fully saturated rings. The summed E-state index contributed by atoms with van der Waals surface area (Å²) in [7, 11) is 0. The average Bonchev–Trinajstić information content (AvgIpc) is 2.71. The molecule has 0 amide bonds. The summed E-state index contributed by atoms with van der Waals surface area (Å²) in [4.78, 5) is 3.94. The van der Waals surface area contributed by atoms with Crippen molar-refractivity contribution in [2.45, 2.75) is 13.5 Å². The van der Waals surface area contributed by atoms with Gasteiger partial charge in [-0.2, -0.15) is 4.98 Å². The van der Waals surface area contributed by atoms with Crippen molar-refractivity contribution in [3.05, 3.63) is 35.2 Å². The van der Waals surface area contributed by atoms with Crippen LogP contribution < -0.4 is 5.73 Å². The minimum atomic E-state index is -0.945. The summed E-state index contributed by atoms with van der Waals surface area (Å²) in [6.45, 7) is 1.74. The maximum Gasteiger partial charge on any atom is 0.240 e. The van der Waals surface area contributed by atoms with Crippen molar-refractivity contribution >= 4 is 0 Å². The standard InChI is InChI=1S/C10H9F2N3O/c1-5-2-7(11)8(12)3-6(5)10-14-9(4-13)16-15-10/h2-3H,4,13H2,1H3. The number of hydrogen-bond acceptors (Lipinski definition) is 4. The molecule has 16 heavy (non-hydrogen) atoms. The van der Waals surface area contributed by atoms with E-state index < -0.39 is 11.6 Å². The lowest BCUT2D eigenvalue weighted by molar-refractivity contribution is 0.380. The SMILES string of the molecule is Cc1cc(F)c(F)cc1-c1noc(CN)n1. The van der Waals surface area contributed by atoms with Gasteiger partial charge in [-0.05, 0) is 24.6 Å². The summed E-state index contributed by atoms with van der Waals surface area (Å²) in [5.41, 5.74) is 6.22. The Labute approximate surface area is 90.1 Å². The Morgan fingerprint density at radius 2 is 2.00 bits per heavy atom. The smallest absolute Gasteiger partial charge is 0.240 e. The average molecular weight is 225 g/mol. The van der Waals surface area contributed by atoms with Crippen LogP contribution in [-0.4, -0.2) is 10.1 Å². The van der Waals surface area contributed by atoms with Gasteiger partial charge >= 0.3 is 0 Å². The van der Waals surface area contributed by atoms with Crippen LogP contribution in [0.2, 0.25) is 0 Å². The second-order valence-corrected chi connectivity index (χ2v) is 3.30. The summed E-state index contributed by atoms with van der Waals surface area (Å²) >= 11 is 0. The molecule has 4 nitrogen and oxygen atoms in total.